The van der Waals surface area contributed by atoms with Gasteiger partial charge in [0.15, 0.2) is 0 Å². The van der Waals surface area contributed by atoms with Crippen molar-refractivity contribution in [1.82, 2.24) is 5.32 Å². The van der Waals surface area contributed by atoms with E-state index in [9.17, 15) is 9.59 Å². The minimum atomic E-state index is -1.04. The molecule has 19 heavy (non-hydrogen) atoms. The number of carbonyl (C=O) groups is 2. The molecule has 0 heterocycles. The summed E-state index contributed by atoms with van der Waals surface area (Å²) in [7, 11) is 1.51. The fraction of sp³-hybridized carbons (Fsp3) is 0.333. The Morgan fingerprint density at radius 1 is 1.32 bits per heavy atom. The Hall–Kier alpha value is -2.28. The molecule has 0 aliphatic heterocycles. The lowest BCUT2D eigenvalue weighted by atomic mass is 10.3. The molecule has 1 aromatic carbocycles. The number of carbonyl (C=O) groups excluding carboxylic acids is 1. The molecule has 0 bridgehead atoms. The first-order valence-corrected chi connectivity index (χ1v) is 5.61. The highest BCUT2D eigenvalue weighted by molar-refractivity contribution is 5.90. The van der Waals surface area contributed by atoms with Gasteiger partial charge in [0, 0.05) is 6.54 Å². The van der Waals surface area contributed by atoms with E-state index in [2.05, 4.69) is 10.6 Å². The number of benzene rings is 1. The highest BCUT2D eigenvalue weighted by atomic mass is 16.5. The third kappa shape index (κ3) is 5.73. The van der Waals surface area contributed by atoms with Crippen molar-refractivity contribution in [3.63, 3.8) is 0 Å². The molecule has 0 atom stereocenters. The van der Waals surface area contributed by atoms with Crippen LogP contribution in [0.15, 0.2) is 24.3 Å². The summed E-state index contributed by atoms with van der Waals surface area (Å²) in [5.41, 5.74) is 0.550. The Morgan fingerprint density at radius 3 is 2.74 bits per heavy atom. The molecule has 1 rings (SSSR count). The van der Waals surface area contributed by atoms with Crippen LogP contribution in [0.4, 0.5) is 10.5 Å². The van der Waals surface area contributed by atoms with Gasteiger partial charge < -0.3 is 25.2 Å². The Labute approximate surface area is 110 Å². The summed E-state index contributed by atoms with van der Waals surface area (Å²) in [6.45, 7) is -0.0320. The maximum atomic E-state index is 11.5. The van der Waals surface area contributed by atoms with Crippen LogP contribution in [0.2, 0.25) is 0 Å². The molecule has 0 spiro atoms. The molecule has 0 unspecified atom stereocenters. The number of hydrogen-bond donors (Lipinski definition) is 3. The first-order valence-electron chi connectivity index (χ1n) is 5.61. The number of amides is 2. The SMILES string of the molecule is COc1ccccc1NC(=O)NCCOCC(=O)O. The minimum Gasteiger partial charge on any atom is -0.495 e. The molecule has 0 aliphatic carbocycles. The molecule has 3 N–H and O–H groups in total. The van der Waals surface area contributed by atoms with Crippen molar-refractivity contribution in [2.75, 3.05) is 32.2 Å². The highest BCUT2D eigenvalue weighted by Crippen LogP contribution is 2.22. The van der Waals surface area contributed by atoms with Gasteiger partial charge in [0.1, 0.15) is 12.4 Å². The number of ether oxygens (including phenoxy) is 2. The number of anilines is 1. The van der Waals surface area contributed by atoms with E-state index in [1.54, 1.807) is 24.3 Å². The molecule has 2 amide bonds. The first-order chi connectivity index (χ1) is 9.13. The molecule has 0 radical (unpaired) electrons. The van der Waals surface area contributed by atoms with Gasteiger partial charge in [-0.15, -0.1) is 0 Å². The second kappa shape index (κ2) is 7.93. The van der Waals surface area contributed by atoms with Crippen LogP contribution in [0.25, 0.3) is 0 Å². The average Bonchev–Trinajstić information content (AvgIpc) is 2.38. The predicted molar refractivity (Wildman–Crippen MR) is 68.5 cm³/mol. The Morgan fingerprint density at radius 2 is 2.05 bits per heavy atom. The van der Waals surface area contributed by atoms with Crippen molar-refractivity contribution in [1.29, 1.82) is 0 Å². The molecule has 7 heteroatoms. The summed E-state index contributed by atoms with van der Waals surface area (Å²) in [5, 5.41) is 13.5. The van der Waals surface area contributed by atoms with Gasteiger partial charge in [-0.25, -0.2) is 9.59 Å². The van der Waals surface area contributed by atoms with Crippen LogP contribution in [0, 0.1) is 0 Å². The van der Waals surface area contributed by atoms with Crippen LogP contribution in [0.3, 0.4) is 0 Å². The van der Waals surface area contributed by atoms with Gasteiger partial charge in [-0.2, -0.15) is 0 Å². The van der Waals surface area contributed by atoms with Crippen LogP contribution in [0.1, 0.15) is 0 Å². The molecule has 0 saturated heterocycles. The molecule has 7 nitrogen and oxygen atoms in total. The third-order valence-corrected chi connectivity index (χ3v) is 2.11. The van der Waals surface area contributed by atoms with Crippen molar-refractivity contribution < 1.29 is 24.2 Å². The lowest BCUT2D eigenvalue weighted by molar-refractivity contribution is -0.142. The number of para-hydroxylation sites is 2. The van der Waals surface area contributed by atoms with Gasteiger partial charge in [0.2, 0.25) is 0 Å². The number of carboxylic acids is 1. The van der Waals surface area contributed by atoms with Crippen molar-refractivity contribution in [2.45, 2.75) is 0 Å². The van der Waals surface area contributed by atoms with Gasteiger partial charge >= 0.3 is 12.0 Å². The summed E-state index contributed by atoms with van der Waals surface area (Å²) in [6.07, 6.45) is 0. The van der Waals surface area contributed by atoms with E-state index < -0.39 is 12.0 Å². The quantitative estimate of drug-likeness (QED) is 0.639. The van der Waals surface area contributed by atoms with E-state index >= 15 is 0 Å². The maximum absolute atomic E-state index is 11.5. The summed E-state index contributed by atoms with van der Waals surface area (Å²) < 4.78 is 9.86. The van der Waals surface area contributed by atoms with E-state index in [0.717, 1.165) is 0 Å². The highest BCUT2D eigenvalue weighted by Gasteiger charge is 2.05. The minimum absolute atomic E-state index is 0.131. The molecule has 104 valence electrons. The standard InChI is InChI=1S/C12H16N2O5/c1-18-10-5-3-2-4-9(10)14-12(17)13-6-7-19-8-11(15)16/h2-5H,6-8H2,1H3,(H,15,16)(H2,13,14,17). The lowest BCUT2D eigenvalue weighted by Gasteiger charge is -2.10. The van der Waals surface area contributed by atoms with Crippen molar-refractivity contribution in [3.8, 4) is 5.75 Å². The molecule has 0 aromatic heterocycles. The molecule has 0 aliphatic rings. The number of aliphatic carboxylic acids is 1. The average molecular weight is 268 g/mol. The summed E-state index contributed by atoms with van der Waals surface area (Å²) in [6, 6.07) is 6.59. The number of rotatable bonds is 7. The number of hydrogen-bond acceptors (Lipinski definition) is 4. The summed E-state index contributed by atoms with van der Waals surface area (Å²) >= 11 is 0. The number of methoxy groups -OCH3 is 1. The van der Waals surface area contributed by atoms with Gasteiger partial charge in [0.05, 0.1) is 19.4 Å². The van der Waals surface area contributed by atoms with Crippen molar-refractivity contribution in [2.24, 2.45) is 0 Å². The topological polar surface area (TPSA) is 96.9 Å². The molecule has 0 saturated carbocycles. The predicted octanol–water partition coefficient (Wildman–Crippen LogP) is 0.918. The lowest BCUT2D eigenvalue weighted by Crippen LogP contribution is -2.32. The van der Waals surface area contributed by atoms with E-state index in [1.807, 2.05) is 0 Å². The largest absolute Gasteiger partial charge is 0.495 e. The summed E-state index contributed by atoms with van der Waals surface area (Å²) in [5.74, 6) is -0.488. The number of nitrogens with one attached hydrogen (secondary N) is 2. The first kappa shape index (κ1) is 14.8. The van der Waals surface area contributed by atoms with E-state index in [0.29, 0.717) is 11.4 Å². The van der Waals surface area contributed by atoms with E-state index in [-0.39, 0.29) is 19.8 Å². The Balaban J connectivity index is 2.29. The van der Waals surface area contributed by atoms with Crippen LogP contribution in [-0.2, 0) is 9.53 Å². The third-order valence-electron chi connectivity index (χ3n) is 2.11. The monoisotopic (exact) mass is 268 g/mol. The van der Waals surface area contributed by atoms with Gasteiger partial charge in [-0.05, 0) is 12.1 Å². The van der Waals surface area contributed by atoms with E-state index in [1.165, 1.54) is 7.11 Å². The second-order valence-corrected chi connectivity index (χ2v) is 3.53. The van der Waals surface area contributed by atoms with Gasteiger partial charge in [0.25, 0.3) is 0 Å². The second-order valence-electron chi connectivity index (χ2n) is 3.53. The maximum Gasteiger partial charge on any atom is 0.329 e. The fourth-order valence-electron chi connectivity index (χ4n) is 1.31. The molecular formula is C12H16N2O5. The van der Waals surface area contributed by atoms with Gasteiger partial charge in [-0.3, -0.25) is 0 Å². The normalized spacial score (nSPS) is 9.74. The van der Waals surface area contributed by atoms with Crippen LogP contribution >= 0.6 is 0 Å². The smallest absolute Gasteiger partial charge is 0.329 e. The van der Waals surface area contributed by atoms with Crippen LogP contribution in [-0.4, -0.2) is 44.0 Å². The number of carboxylic acid groups (broad SMARTS) is 1. The van der Waals surface area contributed by atoms with Crippen LogP contribution < -0.4 is 15.4 Å². The molecule has 0 fully saturated rings. The zero-order chi connectivity index (χ0) is 14.1. The fourth-order valence-corrected chi connectivity index (χ4v) is 1.31. The molecular weight excluding hydrogens is 252 g/mol. The zero-order valence-electron chi connectivity index (χ0n) is 10.5. The van der Waals surface area contributed by atoms with Crippen molar-refractivity contribution in [3.05, 3.63) is 24.3 Å². The zero-order valence-corrected chi connectivity index (χ0v) is 10.5. The van der Waals surface area contributed by atoms with Crippen molar-refractivity contribution >= 4 is 17.7 Å². The Kier molecular flexibility index (Phi) is 6.17. The van der Waals surface area contributed by atoms with E-state index in [4.69, 9.17) is 14.6 Å². The number of urea groups is 1. The molecule has 1 aromatic rings. The Bertz CT molecular complexity index is 436. The summed E-state index contributed by atoms with van der Waals surface area (Å²) in [4.78, 5) is 21.7. The van der Waals surface area contributed by atoms with Crippen LogP contribution in [0.5, 0.6) is 5.75 Å². The van der Waals surface area contributed by atoms with Gasteiger partial charge in [-0.1, -0.05) is 12.1 Å².